The molecule has 1 saturated heterocycles. The lowest BCUT2D eigenvalue weighted by Crippen LogP contribution is -2.58. The highest BCUT2D eigenvalue weighted by atomic mass is 16.6. The van der Waals surface area contributed by atoms with Crippen molar-refractivity contribution >= 4 is 29.7 Å². The molecule has 1 aliphatic heterocycles. The van der Waals surface area contributed by atoms with Gasteiger partial charge < -0.3 is 36.1 Å². The normalized spacial score (nSPS) is 17.6. The minimum Gasteiger partial charge on any atom is -0.444 e. The van der Waals surface area contributed by atoms with E-state index in [9.17, 15) is 24.0 Å². The van der Waals surface area contributed by atoms with Gasteiger partial charge in [0.1, 0.15) is 23.7 Å². The van der Waals surface area contributed by atoms with Gasteiger partial charge in [0.25, 0.3) is 0 Å². The molecule has 12 heteroatoms. The van der Waals surface area contributed by atoms with E-state index >= 15 is 0 Å². The lowest BCUT2D eigenvalue weighted by molar-refractivity contribution is -0.144. The fourth-order valence-corrected chi connectivity index (χ4v) is 3.88. The van der Waals surface area contributed by atoms with Crippen LogP contribution in [0.5, 0.6) is 0 Å². The van der Waals surface area contributed by atoms with Gasteiger partial charge in [0.05, 0.1) is 19.3 Å². The standard InChI is InChI=1S/C26H39N5O7/c1-16(29-25(36)38-26(3,4)5)23(34)28-14-20(32)30-21(17(2)37-15-18-10-7-6-8-11-18)24(35)31-13-9-12-19(31)22(27)33/h6-8,10-11,16-17,19,21H,9,12-15H2,1-5H3,(H2,27,33)(H,28,34)(H,29,36)(H,30,32)/t16-,17+,19-,21-/m0/s1. The van der Waals surface area contributed by atoms with Crippen LogP contribution >= 0.6 is 0 Å². The average molecular weight is 534 g/mol. The van der Waals surface area contributed by atoms with Crippen LogP contribution in [0.3, 0.4) is 0 Å². The van der Waals surface area contributed by atoms with E-state index in [1.165, 1.54) is 11.8 Å². The lowest BCUT2D eigenvalue weighted by atomic mass is 10.1. The number of nitrogens with zero attached hydrogens (tertiary/aromatic N) is 1. The Bertz CT molecular complexity index is 995. The van der Waals surface area contributed by atoms with E-state index in [1.54, 1.807) is 27.7 Å². The zero-order chi connectivity index (χ0) is 28.5. The number of carbonyl (C=O) groups excluding carboxylic acids is 5. The first-order valence-corrected chi connectivity index (χ1v) is 12.6. The fourth-order valence-electron chi connectivity index (χ4n) is 3.88. The van der Waals surface area contributed by atoms with Crippen LogP contribution in [-0.4, -0.2) is 77.5 Å². The van der Waals surface area contributed by atoms with Crippen molar-refractivity contribution in [2.75, 3.05) is 13.1 Å². The van der Waals surface area contributed by atoms with Gasteiger partial charge in [0, 0.05) is 6.54 Å². The third-order valence-electron chi connectivity index (χ3n) is 5.82. The van der Waals surface area contributed by atoms with E-state index in [0.29, 0.717) is 19.4 Å². The molecule has 0 radical (unpaired) electrons. The Balaban J connectivity index is 2.02. The number of likely N-dealkylation sites (tertiary alicyclic amines) is 1. The van der Waals surface area contributed by atoms with Gasteiger partial charge in [-0.2, -0.15) is 0 Å². The summed E-state index contributed by atoms with van der Waals surface area (Å²) in [5.74, 6) is -2.37. The molecule has 210 valence electrons. The van der Waals surface area contributed by atoms with Gasteiger partial charge in [-0.1, -0.05) is 30.3 Å². The first kappa shape index (κ1) is 30.6. The second-order valence-electron chi connectivity index (χ2n) is 10.2. The maximum Gasteiger partial charge on any atom is 0.408 e. The highest BCUT2D eigenvalue weighted by Gasteiger charge is 2.39. The quantitative estimate of drug-likeness (QED) is 0.322. The summed E-state index contributed by atoms with van der Waals surface area (Å²) in [7, 11) is 0. The zero-order valence-corrected chi connectivity index (χ0v) is 22.6. The van der Waals surface area contributed by atoms with Crippen molar-refractivity contribution in [1.82, 2.24) is 20.9 Å². The number of alkyl carbamates (subject to hydrolysis) is 1. The maximum atomic E-state index is 13.4. The molecule has 1 aromatic rings. The van der Waals surface area contributed by atoms with Gasteiger partial charge in [-0.3, -0.25) is 19.2 Å². The maximum absolute atomic E-state index is 13.4. The topological polar surface area (TPSA) is 169 Å². The summed E-state index contributed by atoms with van der Waals surface area (Å²) in [4.78, 5) is 63.6. The molecule has 38 heavy (non-hydrogen) atoms. The highest BCUT2D eigenvalue weighted by molar-refractivity contribution is 5.94. The molecule has 1 aromatic carbocycles. The van der Waals surface area contributed by atoms with Crippen LogP contribution in [0, 0.1) is 0 Å². The largest absolute Gasteiger partial charge is 0.444 e. The highest BCUT2D eigenvalue weighted by Crippen LogP contribution is 2.20. The summed E-state index contributed by atoms with van der Waals surface area (Å²) in [5, 5.41) is 7.44. The predicted octanol–water partition coefficient (Wildman–Crippen LogP) is 0.582. The molecule has 2 rings (SSSR count). The molecular weight excluding hydrogens is 494 g/mol. The predicted molar refractivity (Wildman–Crippen MR) is 138 cm³/mol. The van der Waals surface area contributed by atoms with E-state index in [2.05, 4.69) is 16.0 Å². The number of benzene rings is 1. The van der Waals surface area contributed by atoms with Crippen molar-refractivity contribution in [3.63, 3.8) is 0 Å². The number of hydrogen-bond donors (Lipinski definition) is 4. The Labute approximate surface area is 223 Å². The summed E-state index contributed by atoms with van der Waals surface area (Å²) in [6, 6.07) is 6.47. The van der Waals surface area contributed by atoms with Crippen LogP contribution in [0.25, 0.3) is 0 Å². The Morgan fingerprint density at radius 2 is 1.74 bits per heavy atom. The molecule has 4 atom stereocenters. The van der Waals surface area contributed by atoms with Gasteiger partial charge >= 0.3 is 6.09 Å². The van der Waals surface area contributed by atoms with Gasteiger partial charge in [-0.25, -0.2) is 4.79 Å². The molecule has 5 amide bonds. The number of hydrogen-bond acceptors (Lipinski definition) is 7. The van der Waals surface area contributed by atoms with Gasteiger partial charge in [-0.05, 0) is 53.0 Å². The number of amides is 5. The van der Waals surface area contributed by atoms with Crippen LogP contribution in [0.4, 0.5) is 4.79 Å². The minimum atomic E-state index is -1.12. The van der Waals surface area contributed by atoms with E-state index in [4.69, 9.17) is 15.2 Å². The monoisotopic (exact) mass is 533 g/mol. The number of primary amides is 1. The molecule has 1 fully saturated rings. The Hall–Kier alpha value is -3.67. The molecule has 0 unspecified atom stereocenters. The number of nitrogens with one attached hydrogen (secondary N) is 3. The third kappa shape index (κ3) is 9.66. The molecule has 0 aromatic heterocycles. The molecule has 5 N–H and O–H groups in total. The van der Waals surface area contributed by atoms with Gasteiger partial charge in [-0.15, -0.1) is 0 Å². The van der Waals surface area contributed by atoms with E-state index < -0.39 is 66.1 Å². The number of nitrogens with two attached hydrogens (primary N) is 1. The van der Waals surface area contributed by atoms with Crippen LogP contribution < -0.4 is 21.7 Å². The van der Waals surface area contributed by atoms with Crippen molar-refractivity contribution in [1.29, 1.82) is 0 Å². The third-order valence-corrected chi connectivity index (χ3v) is 5.82. The molecule has 1 heterocycles. The summed E-state index contributed by atoms with van der Waals surface area (Å²) in [5.41, 5.74) is 5.63. The number of rotatable bonds is 11. The summed E-state index contributed by atoms with van der Waals surface area (Å²) in [6.07, 6.45) is -0.476. The Morgan fingerprint density at radius 1 is 1.08 bits per heavy atom. The van der Waals surface area contributed by atoms with Crippen molar-refractivity contribution in [2.45, 2.75) is 83.9 Å². The SMILES string of the molecule is C[C@H](NC(=O)OC(C)(C)C)C(=O)NCC(=O)N[C@H](C(=O)N1CCC[C@H]1C(N)=O)[C@@H](C)OCc1ccccc1. The van der Waals surface area contributed by atoms with Crippen LogP contribution in [0.1, 0.15) is 53.0 Å². The van der Waals surface area contributed by atoms with Crippen molar-refractivity contribution in [2.24, 2.45) is 5.73 Å². The summed E-state index contributed by atoms with van der Waals surface area (Å²) in [6.45, 7) is 8.24. The molecule has 1 aliphatic rings. The Morgan fingerprint density at radius 3 is 2.34 bits per heavy atom. The molecule has 0 bridgehead atoms. The molecule has 0 saturated carbocycles. The zero-order valence-electron chi connectivity index (χ0n) is 22.6. The second-order valence-corrected chi connectivity index (χ2v) is 10.2. The van der Waals surface area contributed by atoms with Crippen molar-refractivity contribution < 1.29 is 33.4 Å². The second kappa shape index (κ2) is 13.8. The van der Waals surface area contributed by atoms with E-state index in [0.717, 1.165) is 5.56 Å². The van der Waals surface area contributed by atoms with Crippen LogP contribution in [0.2, 0.25) is 0 Å². The average Bonchev–Trinajstić information content (AvgIpc) is 3.34. The molecule has 0 spiro atoms. The fraction of sp³-hybridized carbons (Fsp3) is 0.577. The minimum absolute atomic E-state index is 0.200. The molecule has 0 aliphatic carbocycles. The number of carbonyl (C=O) groups is 5. The van der Waals surface area contributed by atoms with Crippen LogP contribution in [-0.2, 0) is 35.3 Å². The van der Waals surface area contributed by atoms with Crippen LogP contribution in [0.15, 0.2) is 30.3 Å². The Kier molecular flexibility index (Phi) is 11.1. The summed E-state index contributed by atoms with van der Waals surface area (Å²) < 4.78 is 11.0. The number of ether oxygens (including phenoxy) is 2. The first-order chi connectivity index (χ1) is 17.8. The lowest BCUT2D eigenvalue weighted by Gasteiger charge is -2.31. The van der Waals surface area contributed by atoms with Gasteiger partial charge in [0.2, 0.25) is 23.6 Å². The van der Waals surface area contributed by atoms with Crippen molar-refractivity contribution in [3.8, 4) is 0 Å². The smallest absolute Gasteiger partial charge is 0.408 e. The molecular formula is C26H39N5O7. The first-order valence-electron chi connectivity index (χ1n) is 12.6. The van der Waals surface area contributed by atoms with E-state index in [-0.39, 0.29) is 6.61 Å². The van der Waals surface area contributed by atoms with Gasteiger partial charge in [0.15, 0.2) is 0 Å². The van der Waals surface area contributed by atoms with Crippen molar-refractivity contribution in [3.05, 3.63) is 35.9 Å². The molecule has 12 nitrogen and oxygen atoms in total. The summed E-state index contributed by atoms with van der Waals surface area (Å²) >= 11 is 0. The van der Waals surface area contributed by atoms with E-state index in [1.807, 2.05) is 30.3 Å².